The topological polar surface area (TPSA) is 64.7 Å². The molecule has 4 nitrogen and oxygen atoms in total. The molecular weight excluding hydrogens is 242 g/mol. The molecule has 0 spiro atoms. The lowest BCUT2D eigenvalue weighted by molar-refractivity contribution is -0.224. The van der Waals surface area contributed by atoms with Crippen molar-refractivity contribution in [1.82, 2.24) is 0 Å². The van der Waals surface area contributed by atoms with Gasteiger partial charge in [0.05, 0.1) is 12.7 Å². The van der Waals surface area contributed by atoms with Crippen LogP contribution >= 0.6 is 0 Å². The number of aliphatic hydroxyl groups excluding tert-OH is 1. The molecular formula is C15H23NO3. The molecule has 2 rings (SSSR count). The summed E-state index contributed by atoms with van der Waals surface area (Å²) >= 11 is 0. The molecule has 0 aliphatic carbocycles. The molecule has 1 aromatic rings. The third-order valence-electron chi connectivity index (χ3n) is 3.42. The van der Waals surface area contributed by atoms with E-state index in [1.807, 2.05) is 37.3 Å². The molecule has 1 heterocycles. The second-order valence-electron chi connectivity index (χ2n) is 5.13. The van der Waals surface area contributed by atoms with Crippen LogP contribution in [0.25, 0.3) is 0 Å². The van der Waals surface area contributed by atoms with Gasteiger partial charge in [-0.15, -0.1) is 0 Å². The summed E-state index contributed by atoms with van der Waals surface area (Å²) in [6, 6.07) is 9.85. The molecule has 2 unspecified atom stereocenters. The number of aliphatic hydroxyl groups is 1. The van der Waals surface area contributed by atoms with Crippen LogP contribution < -0.4 is 5.73 Å². The molecule has 0 amide bonds. The van der Waals surface area contributed by atoms with Gasteiger partial charge in [-0.3, -0.25) is 0 Å². The maximum atomic E-state index is 9.16. The Kier molecular flexibility index (Phi) is 5.34. The average Bonchev–Trinajstić information content (AvgIpc) is 2.45. The quantitative estimate of drug-likeness (QED) is 0.854. The molecule has 0 saturated carbocycles. The van der Waals surface area contributed by atoms with Crippen molar-refractivity contribution in [3.8, 4) is 0 Å². The predicted molar refractivity (Wildman–Crippen MR) is 73.5 cm³/mol. The second-order valence-corrected chi connectivity index (χ2v) is 5.13. The highest BCUT2D eigenvalue weighted by Crippen LogP contribution is 2.27. The van der Waals surface area contributed by atoms with Gasteiger partial charge in [0.1, 0.15) is 6.10 Å². The fourth-order valence-corrected chi connectivity index (χ4v) is 2.41. The van der Waals surface area contributed by atoms with E-state index in [1.165, 1.54) is 0 Å². The number of rotatable bonds is 5. The summed E-state index contributed by atoms with van der Waals surface area (Å²) in [5.74, 6) is 0. The van der Waals surface area contributed by atoms with Crippen LogP contribution in [0.2, 0.25) is 0 Å². The summed E-state index contributed by atoms with van der Waals surface area (Å²) in [5, 5.41) is 9.16. The van der Waals surface area contributed by atoms with Crippen LogP contribution in [-0.2, 0) is 9.47 Å². The summed E-state index contributed by atoms with van der Waals surface area (Å²) in [6.07, 6.45) is 2.20. The summed E-state index contributed by atoms with van der Waals surface area (Å²) in [5.41, 5.74) is 7.09. The molecule has 1 aliphatic rings. The van der Waals surface area contributed by atoms with E-state index in [2.05, 4.69) is 0 Å². The maximum Gasteiger partial charge on any atom is 0.158 e. The van der Waals surface area contributed by atoms with E-state index in [1.54, 1.807) is 0 Å². The number of hydrogen-bond donors (Lipinski definition) is 2. The summed E-state index contributed by atoms with van der Waals surface area (Å²) in [7, 11) is 0. The first-order chi connectivity index (χ1) is 9.20. The Balaban J connectivity index is 2.01. The van der Waals surface area contributed by atoms with Crippen LogP contribution in [0.4, 0.5) is 0 Å². The van der Waals surface area contributed by atoms with Crippen molar-refractivity contribution in [2.24, 2.45) is 5.73 Å². The second kappa shape index (κ2) is 7.01. The average molecular weight is 265 g/mol. The number of benzene rings is 1. The van der Waals surface area contributed by atoms with Gasteiger partial charge in [-0.2, -0.15) is 0 Å². The van der Waals surface area contributed by atoms with Crippen molar-refractivity contribution in [3.63, 3.8) is 0 Å². The van der Waals surface area contributed by atoms with E-state index >= 15 is 0 Å². The molecule has 1 aliphatic heterocycles. The lowest BCUT2D eigenvalue weighted by atomic mass is 10.0. The smallest absolute Gasteiger partial charge is 0.158 e. The Morgan fingerprint density at radius 2 is 2.11 bits per heavy atom. The van der Waals surface area contributed by atoms with Crippen LogP contribution in [-0.4, -0.2) is 30.1 Å². The molecule has 1 aromatic carbocycles. The molecule has 106 valence electrons. The van der Waals surface area contributed by atoms with Crippen molar-refractivity contribution < 1.29 is 14.6 Å². The van der Waals surface area contributed by atoms with Gasteiger partial charge < -0.3 is 20.3 Å². The minimum Gasteiger partial charge on any atom is -0.394 e. The molecule has 1 fully saturated rings. The standard InChI is InChI=1S/C15H23NO3/c1-11(16)15(12-6-3-2-4-7-12)19-14-9-5-8-13(10-17)18-14/h2-4,6-7,11,13-15,17H,5,8-10,16H2,1H3/t11-,13?,14?,15-/m1/s1. The van der Waals surface area contributed by atoms with E-state index in [4.69, 9.17) is 20.3 Å². The van der Waals surface area contributed by atoms with Crippen molar-refractivity contribution in [3.05, 3.63) is 35.9 Å². The van der Waals surface area contributed by atoms with E-state index < -0.39 is 0 Å². The van der Waals surface area contributed by atoms with E-state index in [0.29, 0.717) is 0 Å². The lowest BCUT2D eigenvalue weighted by Gasteiger charge is -2.33. The minimum atomic E-state index is -0.276. The van der Waals surface area contributed by atoms with E-state index in [9.17, 15) is 0 Å². The van der Waals surface area contributed by atoms with Gasteiger partial charge in [0.2, 0.25) is 0 Å². The van der Waals surface area contributed by atoms with Crippen molar-refractivity contribution in [2.75, 3.05) is 6.61 Å². The van der Waals surface area contributed by atoms with Crippen molar-refractivity contribution in [2.45, 2.75) is 50.7 Å². The minimum absolute atomic E-state index is 0.0496. The molecule has 19 heavy (non-hydrogen) atoms. The molecule has 0 radical (unpaired) electrons. The Bertz CT molecular complexity index is 369. The van der Waals surface area contributed by atoms with Crippen molar-refractivity contribution >= 4 is 0 Å². The zero-order chi connectivity index (χ0) is 13.7. The Labute approximate surface area is 114 Å². The zero-order valence-corrected chi connectivity index (χ0v) is 11.4. The zero-order valence-electron chi connectivity index (χ0n) is 11.4. The van der Waals surface area contributed by atoms with Crippen LogP contribution in [0, 0.1) is 0 Å². The number of nitrogens with two attached hydrogens (primary N) is 1. The van der Waals surface area contributed by atoms with Crippen molar-refractivity contribution in [1.29, 1.82) is 0 Å². The van der Waals surface area contributed by atoms with Gasteiger partial charge in [-0.25, -0.2) is 0 Å². The molecule has 0 bridgehead atoms. The first-order valence-electron chi connectivity index (χ1n) is 6.93. The van der Waals surface area contributed by atoms with E-state index in [0.717, 1.165) is 24.8 Å². The Hall–Kier alpha value is -0.940. The normalized spacial score (nSPS) is 26.9. The Morgan fingerprint density at radius 1 is 1.37 bits per heavy atom. The predicted octanol–water partition coefficient (Wildman–Crippen LogP) is 1.98. The van der Waals surface area contributed by atoms with Gasteiger partial charge in [-0.05, 0) is 31.7 Å². The van der Waals surface area contributed by atoms with Crippen LogP contribution in [0.15, 0.2) is 30.3 Å². The molecule has 4 heteroatoms. The highest BCUT2D eigenvalue weighted by Gasteiger charge is 2.27. The van der Waals surface area contributed by atoms with Gasteiger partial charge in [0.25, 0.3) is 0 Å². The lowest BCUT2D eigenvalue weighted by Crippen LogP contribution is -2.36. The van der Waals surface area contributed by atoms with E-state index in [-0.39, 0.29) is 31.1 Å². The summed E-state index contributed by atoms with van der Waals surface area (Å²) < 4.78 is 11.7. The monoisotopic (exact) mass is 265 g/mol. The largest absolute Gasteiger partial charge is 0.394 e. The third kappa shape index (κ3) is 4.01. The van der Waals surface area contributed by atoms with Crippen LogP contribution in [0.1, 0.15) is 37.9 Å². The van der Waals surface area contributed by atoms with Gasteiger partial charge in [0.15, 0.2) is 6.29 Å². The fourth-order valence-electron chi connectivity index (χ4n) is 2.41. The molecule has 3 N–H and O–H groups in total. The molecule has 1 saturated heterocycles. The fraction of sp³-hybridized carbons (Fsp3) is 0.600. The molecule has 4 atom stereocenters. The SMILES string of the molecule is C[C@@H](N)[C@@H](OC1CCCC(CO)O1)c1ccccc1. The summed E-state index contributed by atoms with van der Waals surface area (Å²) in [4.78, 5) is 0. The Morgan fingerprint density at radius 3 is 2.74 bits per heavy atom. The van der Waals surface area contributed by atoms with Gasteiger partial charge in [-0.1, -0.05) is 30.3 Å². The summed E-state index contributed by atoms with van der Waals surface area (Å²) in [6.45, 7) is 1.98. The highest BCUT2D eigenvalue weighted by atomic mass is 16.7. The number of ether oxygens (including phenoxy) is 2. The maximum absolute atomic E-state index is 9.16. The molecule has 0 aromatic heterocycles. The van der Waals surface area contributed by atoms with Gasteiger partial charge >= 0.3 is 0 Å². The first-order valence-corrected chi connectivity index (χ1v) is 6.93. The third-order valence-corrected chi connectivity index (χ3v) is 3.42. The highest BCUT2D eigenvalue weighted by molar-refractivity contribution is 5.18. The van der Waals surface area contributed by atoms with Crippen LogP contribution in [0.5, 0.6) is 0 Å². The van der Waals surface area contributed by atoms with Crippen LogP contribution in [0.3, 0.4) is 0 Å². The first kappa shape index (κ1) is 14.5. The number of hydrogen-bond acceptors (Lipinski definition) is 4. The van der Waals surface area contributed by atoms with Gasteiger partial charge in [0, 0.05) is 6.04 Å².